The maximum absolute atomic E-state index is 10.4. The van der Waals surface area contributed by atoms with Crippen molar-refractivity contribution in [3.8, 4) is 0 Å². The van der Waals surface area contributed by atoms with Gasteiger partial charge in [0, 0.05) is 120 Å². The van der Waals surface area contributed by atoms with Crippen LogP contribution in [0, 0.1) is 10.8 Å². The van der Waals surface area contributed by atoms with E-state index in [0.717, 1.165) is 26.2 Å². The first kappa shape index (κ1) is 79.8. The zero-order chi connectivity index (χ0) is 56.4. The monoisotopic (exact) mass is 1660 g/mol. The molecule has 3 heterocycles. The van der Waals surface area contributed by atoms with Gasteiger partial charge in [-0.1, -0.05) is 13.8 Å². The van der Waals surface area contributed by atoms with Gasteiger partial charge in [-0.25, -0.2) is 0 Å². The van der Waals surface area contributed by atoms with Gasteiger partial charge in [0.1, 0.15) is 18.3 Å². The Bertz CT molecular complexity index is 1050. The fourth-order valence-corrected chi connectivity index (χ4v) is 6.88. The third-order valence-electron chi connectivity index (χ3n) is 11.5. The minimum absolute atomic E-state index is 0.00504. The van der Waals surface area contributed by atoms with Crippen molar-refractivity contribution in [1.82, 2.24) is 20.0 Å². The van der Waals surface area contributed by atoms with Crippen molar-refractivity contribution in [2.45, 2.75) is 63.3 Å². The fourth-order valence-electron chi connectivity index (χ4n) is 6.88. The molecule has 6 unspecified atom stereocenters. The Labute approximate surface area is 499 Å². The zero-order valence-corrected chi connectivity index (χ0v) is 55.0. The Morgan fingerprint density at radius 2 is 0.693 bits per heavy atom. The van der Waals surface area contributed by atoms with Crippen molar-refractivity contribution in [1.29, 1.82) is 0 Å². The largest absolute Gasteiger partial charge is 0.395 e. The average molecular weight is 1660 g/mol. The summed E-state index contributed by atoms with van der Waals surface area (Å²) in [7, 11) is 0. The van der Waals surface area contributed by atoms with Crippen LogP contribution >= 0.6 is 74.5 Å². The van der Waals surface area contributed by atoms with Gasteiger partial charge < -0.3 is 104 Å². The van der Waals surface area contributed by atoms with Gasteiger partial charge in [0.25, 0.3) is 0 Å². The van der Waals surface area contributed by atoms with Crippen LogP contribution in [0.2, 0.25) is 0 Å². The van der Waals surface area contributed by atoms with E-state index >= 15 is 0 Å². The standard InChI is InChI=1S/C27H59N3O12.C15H26O6.C4H11NO2.I3.I2/c1-2-27(21-40-18-24(37)15-28(3-9-31)4-10-32,22-41-19-25(38)16-29(5-11-33)6-12-34)23-42-20-26(39)17-30(7-13-35)8-14-36;1-2-15(9-16-3-12-6-19-12,10-17-4-13-7-20-13)11-18-5-14-8-21-14;6-3-1-5-2-4-7;1-3-2;1-2/h24-26,31-39H,2-23H2,1H3;12-14H,2-11H2,1H3;5-7H,1-4H2;;/q;;;-1;. The van der Waals surface area contributed by atoms with Crippen molar-refractivity contribution < 1.29 is 112 Å². The number of aliphatic hydroxyl groups excluding tert-OH is 11. The summed E-state index contributed by atoms with van der Waals surface area (Å²) in [5.41, 5.74) is -0.778. The third kappa shape index (κ3) is 48.7. The summed E-state index contributed by atoms with van der Waals surface area (Å²) in [5.74, 6) is 0. The second-order valence-electron chi connectivity index (χ2n) is 18.1. The van der Waals surface area contributed by atoms with E-state index in [1.54, 1.807) is 14.7 Å². The van der Waals surface area contributed by atoms with E-state index in [0.29, 0.717) is 130 Å². The van der Waals surface area contributed by atoms with Crippen molar-refractivity contribution >= 4 is 74.5 Å². The van der Waals surface area contributed by atoms with Gasteiger partial charge in [0.15, 0.2) is 0 Å². The number of rotatable bonds is 48. The summed E-state index contributed by atoms with van der Waals surface area (Å²) in [6.07, 6.45) is -0.208. The molecule has 6 atom stereocenters. The van der Waals surface area contributed by atoms with Crippen LogP contribution in [-0.4, -0.2) is 331 Å². The second kappa shape index (κ2) is 55.9. The molecule has 24 nitrogen and oxygen atoms in total. The molecule has 0 saturated carbocycles. The molecule has 0 bridgehead atoms. The SMILES string of the molecule is CCC(COCC(O)CN(CCO)CCO)(COCC(O)CN(CCO)CCO)COCC(O)CN(CCO)CCO.CCC(COCC1CO1)(COCC1CO1)COCC1CO1.II.I[I-]I.OCCNCCO. The van der Waals surface area contributed by atoms with Gasteiger partial charge in [0.05, 0.1) is 170 Å². The number of nitrogens with one attached hydrogen (secondary N) is 1. The Balaban J connectivity index is 0. The molecule has 29 heteroatoms. The van der Waals surface area contributed by atoms with Crippen LogP contribution in [0.1, 0.15) is 26.7 Å². The molecule has 75 heavy (non-hydrogen) atoms. The predicted octanol–water partition coefficient (Wildman–Crippen LogP) is -4.89. The maximum Gasteiger partial charge on any atom is 0.0555 e. The summed E-state index contributed by atoms with van der Waals surface area (Å²) >= 11 is 9.54. The van der Waals surface area contributed by atoms with E-state index in [1.807, 2.05) is 6.92 Å². The number of ether oxygens (including phenoxy) is 9. The molecule has 456 valence electrons. The average Bonchev–Trinajstić information content (AvgIpc) is 4.24. The molecule has 3 fully saturated rings. The molecule has 0 aromatic heterocycles. The Morgan fingerprint density at radius 1 is 0.467 bits per heavy atom. The van der Waals surface area contributed by atoms with Gasteiger partial charge in [-0.3, -0.25) is 14.7 Å². The molecule has 0 aromatic carbocycles. The molecule has 3 aliphatic heterocycles. The molecule has 0 aliphatic carbocycles. The quantitative estimate of drug-likeness (QED) is 0.0154. The Kier molecular flexibility index (Phi) is 59.4. The summed E-state index contributed by atoms with van der Waals surface area (Å²) < 4.78 is 50.6. The van der Waals surface area contributed by atoms with Gasteiger partial charge >= 0.3 is 50.5 Å². The van der Waals surface area contributed by atoms with Crippen LogP contribution in [0.15, 0.2) is 0 Å². The van der Waals surface area contributed by atoms with Crippen LogP contribution < -0.4 is 18.6 Å². The number of hydrogen-bond acceptors (Lipinski definition) is 24. The molecule has 3 rings (SSSR count). The second-order valence-corrected chi connectivity index (χ2v) is 34.4. The Morgan fingerprint density at radius 3 is 0.880 bits per heavy atom. The van der Waals surface area contributed by atoms with E-state index in [-0.39, 0.29) is 118 Å². The molecule has 3 saturated heterocycles. The van der Waals surface area contributed by atoms with Crippen molar-refractivity contribution in [3.05, 3.63) is 0 Å². The van der Waals surface area contributed by atoms with E-state index < -0.39 is 23.7 Å². The van der Waals surface area contributed by atoms with Gasteiger partial charge in [-0.15, -0.1) is 0 Å². The topological polar surface area (TPSA) is 337 Å². The van der Waals surface area contributed by atoms with E-state index in [2.05, 4.69) is 86.7 Å². The number of aliphatic hydroxyl groups is 11. The molecule has 0 aromatic rings. The molecule has 12 N–H and O–H groups in total. The zero-order valence-electron chi connectivity index (χ0n) is 44.2. The number of nitrogens with zero attached hydrogens (tertiary/aromatic N) is 3. The van der Waals surface area contributed by atoms with Crippen LogP contribution in [0.5, 0.6) is 0 Å². The van der Waals surface area contributed by atoms with Crippen LogP contribution in [0.25, 0.3) is 0 Å². The van der Waals surface area contributed by atoms with Gasteiger partial charge in [0.2, 0.25) is 0 Å². The molecule has 0 amide bonds. The van der Waals surface area contributed by atoms with Gasteiger partial charge in [-0.2, -0.15) is 0 Å². The summed E-state index contributed by atoms with van der Waals surface area (Å²) in [4.78, 5) is 5.18. The predicted molar refractivity (Wildman–Crippen MR) is 313 cm³/mol. The minimum Gasteiger partial charge on any atom is -0.395 e. The molecular formula is C46H96I5N4O20-. The molecule has 3 aliphatic rings. The van der Waals surface area contributed by atoms with E-state index in [9.17, 15) is 46.0 Å². The maximum atomic E-state index is 10.4. The third-order valence-corrected chi connectivity index (χ3v) is 11.5. The summed E-state index contributed by atoms with van der Waals surface area (Å²) in [6, 6.07) is 0. The summed E-state index contributed by atoms with van der Waals surface area (Å²) in [6.45, 7) is 14.2. The molecular weight excluding hydrogens is 1560 g/mol. The molecule has 0 radical (unpaired) electrons. The van der Waals surface area contributed by atoms with Crippen molar-refractivity contribution in [2.24, 2.45) is 10.8 Å². The minimum atomic E-state index is -0.865. The van der Waals surface area contributed by atoms with E-state index in [4.69, 9.17) is 52.8 Å². The number of halogens is 5. The summed E-state index contributed by atoms with van der Waals surface area (Å²) in [5, 5.41) is 106. The first-order valence-corrected chi connectivity index (χ1v) is 44.3. The number of hydrogen-bond donors (Lipinski definition) is 12. The van der Waals surface area contributed by atoms with E-state index in [1.165, 1.54) is 0 Å². The smallest absolute Gasteiger partial charge is 0.0555 e. The first-order chi connectivity index (χ1) is 36.3. The Hall–Kier alpha value is 2.69. The first-order valence-electron chi connectivity index (χ1n) is 25.5. The van der Waals surface area contributed by atoms with Crippen molar-refractivity contribution in [2.75, 3.05) is 224 Å². The van der Waals surface area contributed by atoms with Crippen molar-refractivity contribution in [3.63, 3.8) is 0 Å². The fraction of sp³-hybridized carbons (Fsp3) is 1.00. The van der Waals surface area contributed by atoms with Gasteiger partial charge in [-0.05, 0) is 12.8 Å². The van der Waals surface area contributed by atoms with Crippen LogP contribution in [0.4, 0.5) is 0 Å². The normalized spacial score (nSPS) is 19.3. The van der Waals surface area contributed by atoms with Crippen LogP contribution in [-0.2, 0) is 42.6 Å². The molecule has 0 spiro atoms. The van der Waals surface area contributed by atoms with Crippen LogP contribution in [0.3, 0.4) is 0 Å². The number of epoxide rings is 3.